The molecule has 0 saturated carbocycles. The zero-order valence-electron chi connectivity index (χ0n) is 13.1. The zero-order chi connectivity index (χ0) is 16.4. The molecule has 2 aromatic rings. The molecule has 1 unspecified atom stereocenters. The Morgan fingerprint density at radius 2 is 1.91 bits per heavy atom. The van der Waals surface area contributed by atoms with Crippen LogP contribution in [0.3, 0.4) is 0 Å². The van der Waals surface area contributed by atoms with Crippen LogP contribution in [0.15, 0.2) is 48.5 Å². The van der Waals surface area contributed by atoms with Gasteiger partial charge in [-0.05, 0) is 42.2 Å². The lowest BCUT2D eigenvalue weighted by Gasteiger charge is -2.23. The third-order valence-electron chi connectivity index (χ3n) is 4.53. The number of aromatic carboxylic acids is 1. The van der Waals surface area contributed by atoms with Crippen LogP contribution in [0.2, 0.25) is 0 Å². The fourth-order valence-electron chi connectivity index (χ4n) is 3.29. The van der Waals surface area contributed by atoms with E-state index in [9.17, 15) is 4.79 Å². The first-order valence-electron chi connectivity index (χ1n) is 7.77. The van der Waals surface area contributed by atoms with Crippen molar-refractivity contribution in [3.05, 3.63) is 70.8 Å². The van der Waals surface area contributed by atoms with Crippen molar-refractivity contribution in [2.24, 2.45) is 0 Å². The van der Waals surface area contributed by atoms with Gasteiger partial charge in [-0.1, -0.05) is 36.4 Å². The molecular formula is C19H20FNO2. The van der Waals surface area contributed by atoms with Crippen LogP contribution >= 0.6 is 0 Å². The van der Waals surface area contributed by atoms with E-state index in [1.807, 2.05) is 31.2 Å². The van der Waals surface area contributed by atoms with Crippen LogP contribution in [0.5, 0.6) is 0 Å². The van der Waals surface area contributed by atoms with Crippen molar-refractivity contribution in [2.45, 2.75) is 25.6 Å². The molecule has 120 valence electrons. The van der Waals surface area contributed by atoms with Crippen molar-refractivity contribution in [3.8, 4) is 0 Å². The van der Waals surface area contributed by atoms with Gasteiger partial charge in [0.25, 0.3) is 0 Å². The molecule has 0 aliphatic carbocycles. The lowest BCUT2D eigenvalue weighted by Crippen LogP contribution is -2.27. The van der Waals surface area contributed by atoms with Gasteiger partial charge in [-0.2, -0.15) is 0 Å². The molecule has 0 amide bonds. The molecule has 2 aromatic carbocycles. The van der Waals surface area contributed by atoms with Crippen LogP contribution in [0.1, 0.15) is 33.5 Å². The Hall–Kier alpha value is -2.20. The first kappa shape index (κ1) is 15.7. The number of alkyl halides is 1. The average molecular weight is 313 g/mol. The number of benzene rings is 2. The van der Waals surface area contributed by atoms with Crippen LogP contribution in [-0.4, -0.2) is 29.1 Å². The summed E-state index contributed by atoms with van der Waals surface area (Å²) in [4.78, 5) is 13.0. The number of nitrogens with zero attached hydrogens (tertiary/aromatic N) is 1. The Kier molecular flexibility index (Phi) is 4.18. The smallest absolute Gasteiger partial charge is 0.335 e. The van der Waals surface area contributed by atoms with Crippen LogP contribution in [0.25, 0.3) is 0 Å². The fraction of sp³-hybridized carbons (Fsp3) is 0.316. The highest BCUT2D eigenvalue weighted by Crippen LogP contribution is 2.38. The molecule has 4 heteroatoms. The number of carbonyl (C=O) groups is 1. The van der Waals surface area contributed by atoms with E-state index in [0.717, 1.165) is 16.7 Å². The summed E-state index contributed by atoms with van der Waals surface area (Å²) in [6, 6.07) is 14.4. The molecular weight excluding hydrogens is 293 g/mol. The maximum absolute atomic E-state index is 15.3. The number of hydrogen-bond donors (Lipinski definition) is 1. The third kappa shape index (κ3) is 3.27. The second-order valence-corrected chi connectivity index (χ2v) is 6.24. The summed E-state index contributed by atoms with van der Waals surface area (Å²) < 4.78 is 15.3. The zero-order valence-corrected chi connectivity index (χ0v) is 13.1. The molecule has 23 heavy (non-hydrogen) atoms. The second-order valence-electron chi connectivity index (χ2n) is 6.24. The van der Waals surface area contributed by atoms with Gasteiger partial charge in [-0.3, -0.25) is 4.90 Å². The Labute approximate surface area is 135 Å². The third-order valence-corrected chi connectivity index (χ3v) is 4.53. The number of rotatable bonds is 4. The van der Waals surface area contributed by atoms with Crippen molar-refractivity contribution in [3.63, 3.8) is 0 Å². The minimum atomic E-state index is -1.30. The van der Waals surface area contributed by atoms with Crippen LogP contribution in [-0.2, 0) is 12.2 Å². The molecule has 0 aromatic heterocycles. The first-order valence-corrected chi connectivity index (χ1v) is 7.77. The standard InChI is InChI=1S/C19H20FNO2/c1-14-4-2-3-5-17(14)19(20)10-11-21(13-19)12-15-6-8-16(9-7-15)18(22)23/h2-9H,10-13H2,1H3,(H,22,23). The summed E-state index contributed by atoms with van der Waals surface area (Å²) in [6.45, 7) is 3.66. The van der Waals surface area contributed by atoms with E-state index in [2.05, 4.69) is 4.90 Å². The summed E-state index contributed by atoms with van der Waals surface area (Å²) in [5.74, 6) is -0.931. The van der Waals surface area contributed by atoms with Gasteiger partial charge in [-0.25, -0.2) is 9.18 Å². The molecule has 1 aliphatic heterocycles. The molecule has 1 fully saturated rings. The van der Waals surface area contributed by atoms with Crippen molar-refractivity contribution in [1.29, 1.82) is 0 Å². The maximum Gasteiger partial charge on any atom is 0.335 e. The van der Waals surface area contributed by atoms with Crippen molar-refractivity contribution in [1.82, 2.24) is 4.90 Å². The molecule has 3 nitrogen and oxygen atoms in total. The number of carboxylic acid groups (broad SMARTS) is 1. The fourth-order valence-corrected chi connectivity index (χ4v) is 3.29. The Balaban J connectivity index is 1.70. The van der Waals surface area contributed by atoms with E-state index in [4.69, 9.17) is 5.11 Å². The lowest BCUT2D eigenvalue weighted by atomic mass is 9.91. The van der Waals surface area contributed by atoms with E-state index in [0.29, 0.717) is 26.1 Å². The Morgan fingerprint density at radius 3 is 2.57 bits per heavy atom. The van der Waals surface area contributed by atoms with Crippen LogP contribution in [0.4, 0.5) is 4.39 Å². The number of halogens is 1. The Morgan fingerprint density at radius 1 is 1.22 bits per heavy atom. The summed E-state index contributed by atoms with van der Waals surface area (Å²) in [5, 5.41) is 8.92. The van der Waals surface area contributed by atoms with Gasteiger partial charge in [0.05, 0.1) is 5.56 Å². The monoisotopic (exact) mass is 313 g/mol. The number of hydrogen-bond acceptors (Lipinski definition) is 2. The highest BCUT2D eigenvalue weighted by Gasteiger charge is 2.40. The Bertz CT molecular complexity index is 714. The van der Waals surface area contributed by atoms with Crippen LogP contribution < -0.4 is 0 Å². The van der Waals surface area contributed by atoms with E-state index < -0.39 is 11.6 Å². The minimum Gasteiger partial charge on any atom is -0.478 e. The predicted octanol–water partition coefficient (Wildman–Crippen LogP) is 3.76. The van der Waals surface area contributed by atoms with Gasteiger partial charge in [0.1, 0.15) is 5.67 Å². The highest BCUT2D eigenvalue weighted by atomic mass is 19.1. The largest absolute Gasteiger partial charge is 0.478 e. The lowest BCUT2D eigenvalue weighted by molar-refractivity contribution is 0.0697. The molecule has 0 bridgehead atoms. The van der Waals surface area contributed by atoms with E-state index in [1.165, 1.54) is 0 Å². The summed E-state index contributed by atoms with van der Waals surface area (Å²) in [6.07, 6.45) is 0.491. The molecule has 1 heterocycles. The van der Waals surface area contributed by atoms with Crippen molar-refractivity contribution >= 4 is 5.97 Å². The van der Waals surface area contributed by atoms with Crippen molar-refractivity contribution < 1.29 is 14.3 Å². The predicted molar refractivity (Wildman–Crippen MR) is 87.3 cm³/mol. The first-order chi connectivity index (χ1) is 11.0. The summed E-state index contributed by atoms with van der Waals surface area (Å²) >= 11 is 0. The van der Waals surface area contributed by atoms with Gasteiger partial charge < -0.3 is 5.11 Å². The minimum absolute atomic E-state index is 0.273. The number of carboxylic acids is 1. The van der Waals surface area contributed by atoms with Gasteiger partial charge in [0, 0.05) is 19.6 Å². The highest BCUT2D eigenvalue weighted by molar-refractivity contribution is 5.87. The quantitative estimate of drug-likeness (QED) is 0.934. The SMILES string of the molecule is Cc1ccccc1C1(F)CCN(Cc2ccc(C(=O)O)cc2)C1. The molecule has 0 spiro atoms. The number of aryl methyl sites for hydroxylation is 1. The van der Waals surface area contributed by atoms with E-state index in [1.54, 1.807) is 24.3 Å². The molecule has 3 rings (SSSR count). The normalized spacial score (nSPS) is 21.5. The van der Waals surface area contributed by atoms with Crippen molar-refractivity contribution in [2.75, 3.05) is 13.1 Å². The van der Waals surface area contributed by atoms with Crippen LogP contribution in [0, 0.1) is 6.92 Å². The topological polar surface area (TPSA) is 40.5 Å². The molecule has 1 saturated heterocycles. The van der Waals surface area contributed by atoms with Gasteiger partial charge in [0.2, 0.25) is 0 Å². The molecule has 1 aliphatic rings. The van der Waals surface area contributed by atoms with E-state index >= 15 is 4.39 Å². The van der Waals surface area contributed by atoms with Gasteiger partial charge in [0.15, 0.2) is 0 Å². The summed E-state index contributed by atoms with van der Waals surface area (Å²) in [7, 11) is 0. The average Bonchev–Trinajstić information content (AvgIpc) is 2.90. The number of likely N-dealkylation sites (tertiary alicyclic amines) is 1. The summed E-state index contributed by atoms with van der Waals surface area (Å²) in [5.41, 5.74) is 1.75. The van der Waals surface area contributed by atoms with Gasteiger partial charge in [-0.15, -0.1) is 0 Å². The second kappa shape index (κ2) is 6.13. The molecule has 0 radical (unpaired) electrons. The van der Waals surface area contributed by atoms with Gasteiger partial charge >= 0.3 is 5.97 Å². The molecule has 1 atom stereocenters. The van der Waals surface area contributed by atoms with E-state index in [-0.39, 0.29) is 5.56 Å². The molecule has 1 N–H and O–H groups in total. The maximum atomic E-state index is 15.3.